The number of carbonyl (C=O) groups is 2. The van der Waals surface area contributed by atoms with Crippen LogP contribution in [0.25, 0.3) is 0 Å². The van der Waals surface area contributed by atoms with Crippen molar-refractivity contribution in [2.24, 2.45) is 0 Å². The second kappa shape index (κ2) is 6.89. The Hall–Kier alpha value is -2.24. The predicted octanol–water partition coefficient (Wildman–Crippen LogP) is 2.70. The van der Waals surface area contributed by atoms with Gasteiger partial charge in [0.1, 0.15) is 5.60 Å². The van der Waals surface area contributed by atoms with E-state index >= 15 is 0 Å². The van der Waals surface area contributed by atoms with Crippen LogP contribution in [0.3, 0.4) is 0 Å². The van der Waals surface area contributed by atoms with Gasteiger partial charge in [-0.1, -0.05) is 0 Å². The monoisotopic (exact) mass is 319 g/mol. The Kier molecular flexibility index (Phi) is 5.13. The molecule has 0 unspecified atom stereocenters. The molecule has 1 saturated heterocycles. The molecule has 1 aromatic carbocycles. The fourth-order valence-corrected chi connectivity index (χ4v) is 2.46. The number of anilines is 2. The molecule has 6 heteroatoms. The fourth-order valence-electron chi connectivity index (χ4n) is 2.46. The van der Waals surface area contributed by atoms with Crippen molar-refractivity contribution in [2.45, 2.75) is 33.3 Å². The molecule has 1 fully saturated rings. The maximum absolute atomic E-state index is 11.7. The summed E-state index contributed by atoms with van der Waals surface area (Å²) in [5, 5.41) is 2.72. The van der Waals surface area contributed by atoms with E-state index < -0.39 is 11.7 Å². The highest BCUT2D eigenvalue weighted by molar-refractivity contribution is 5.85. The lowest BCUT2D eigenvalue weighted by atomic mass is 10.2. The number of nitrogens with one attached hydrogen (secondary N) is 1. The zero-order valence-corrected chi connectivity index (χ0v) is 14.3. The van der Waals surface area contributed by atoms with Crippen molar-refractivity contribution in [3.05, 3.63) is 24.3 Å². The Bertz CT molecular complexity index is 555. The number of piperazine rings is 1. The number of rotatable bonds is 2. The van der Waals surface area contributed by atoms with E-state index in [1.165, 1.54) is 0 Å². The van der Waals surface area contributed by atoms with Crippen molar-refractivity contribution < 1.29 is 14.3 Å². The fraction of sp³-hybridized carbons (Fsp3) is 0.529. The highest BCUT2D eigenvalue weighted by atomic mass is 16.6. The average Bonchev–Trinajstić information content (AvgIpc) is 2.46. The zero-order chi connectivity index (χ0) is 17.0. The summed E-state index contributed by atoms with van der Waals surface area (Å²) >= 11 is 0. The topological polar surface area (TPSA) is 61.9 Å². The minimum atomic E-state index is -0.513. The molecule has 23 heavy (non-hydrogen) atoms. The molecular formula is C17H25N3O3. The van der Waals surface area contributed by atoms with Crippen LogP contribution < -0.4 is 10.2 Å². The van der Waals surface area contributed by atoms with Crippen LogP contribution in [0.4, 0.5) is 16.2 Å². The standard InChI is InChI=1S/C17H25N3O3/c1-13(21)19-9-11-20(12-10-19)15-7-5-14(6-8-15)18-16(22)23-17(2,3)4/h5-8H,9-12H2,1-4H3,(H,18,22). The summed E-state index contributed by atoms with van der Waals surface area (Å²) in [6.07, 6.45) is -0.458. The highest BCUT2D eigenvalue weighted by Gasteiger charge is 2.19. The predicted molar refractivity (Wildman–Crippen MR) is 90.8 cm³/mol. The molecule has 1 aromatic rings. The van der Waals surface area contributed by atoms with Gasteiger partial charge in [0.2, 0.25) is 5.91 Å². The summed E-state index contributed by atoms with van der Waals surface area (Å²) in [7, 11) is 0. The van der Waals surface area contributed by atoms with Crippen molar-refractivity contribution in [3.63, 3.8) is 0 Å². The lowest BCUT2D eigenvalue weighted by Gasteiger charge is -2.35. The van der Waals surface area contributed by atoms with Crippen LogP contribution in [-0.2, 0) is 9.53 Å². The van der Waals surface area contributed by atoms with Gasteiger partial charge in [-0.05, 0) is 45.0 Å². The van der Waals surface area contributed by atoms with E-state index in [0.29, 0.717) is 5.69 Å². The van der Waals surface area contributed by atoms with Crippen LogP contribution in [0, 0.1) is 0 Å². The largest absolute Gasteiger partial charge is 0.444 e. The van der Waals surface area contributed by atoms with Crippen LogP contribution in [0.2, 0.25) is 0 Å². The van der Waals surface area contributed by atoms with E-state index in [9.17, 15) is 9.59 Å². The van der Waals surface area contributed by atoms with Crippen LogP contribution in [0.1, 0.15) is 27.7 Å². The van der Waals surface area contributed by atoms with Gasteiger partial charge in [-0.15, -0.1) is 0 Å². The Morgan fingerprint density at radius 3 is 2.09 bits per heavy atom. The summed E-state index contributed by atoms with van der Waals surface area (Å²) < 4.78 is 5.22. The van der Waals surface area contributed by atoms with Crippen molar-refractivity contribution >= 4 is 23.4 Å². The van der Waals surface area contributed by atoms with Crippen LogP contribution in [-0.4, -0.2) is 48.7 Å². The molecule has 0 saturated carbocycles. The molecule has 0 aromatic heterocycles. The number of nitrogens with zero attached hydrogens (tertiary/aromatic N) is 2. The van der Waals surface area contributed by atoms with Crippen LogP contribution >= 0.6 is 0 Å². The van der Waals surface area contributed by atoms with Gasteiger partial charge in [-0.3, -0.25) is 10.1 Å². The summed E-state index contributed by atoms with van der Waals surface area (Å²) in [4.78, 5) is 27.2. The molecule has 2 rings (SSSR count). The maximum atomic E-state index is 11.7. The second-order valence-corrected chi connectivity index (χ2v) is 6.67. The third-order valence-electron chi connectivity index (χ3n) is 3.60. The SMILES string of the molecule is CC(=O)N1CCN(c2ccc(NC(=O)OC(C)(C)C)cc2)CC1. The number of ether oxygens (including phenoxy) is 1. The quantitative estimate of drug-likeness (QED) is 0.910. The summed E-state index contributed by atoms with van der Waals surface area (Å²) in [6, 6.07) is 7.65. The molecule has 0 atom stereocenters. The van der Waals surface area contributed by atoms with Crippen molar-refractivity contribution in [3.8, 4) is 0 Å². The van der Waals surface area contributed by atoms with Crippen LogP contribution in [0.15, 0.2) is 24.3 Å². The van der Waals surface area contributed by atoms with Gasteiger partial charge in [0.15, 0.2) is 0 Å². The lowest BCUT2D eigenvalue weighted by Crippen LogP contribution is -2.48. The number of benzene rings is 1. The Morgan fingerprint density at radius 1 is 1.04 bits per heavy atom. The Labute approximate surface area is 137 Å². The minimum Gasteiger partial charge on any atom is -0.444 e. The lowest BCUT2D eigenvalue weighted by molar-refractivity contribution is -0.129. The molecule has 126 valence electrons. The molecule has 1 aliphatic heterocycles. The third-order valence-corrected chi connectivity index (χ3v) is 3.60. The summed E-state index contributed by atoms with van der Waals surface area (Å²) in [6.45, 7) is 10.2. The van der Waals surface area contributed by atoms with E-state index in [2.05, 4.69) is 10.2 Å². The van der Waals surface area contributed by atoms with Gasteiger partial charge in [0, 0.05) is 44.5 Å². The van der Waals surface area contributed by atoms with Crippen molar-refractivity contribution in [1.29, 1.82) is 0 Å². The van der Waals surface area contributed by atoms with E-state index in [4.69, 9.17) is 4.74 Å². The van der Waals surface area contributed by atoms with Gasteiger partial charge in [-0.2, -0.15) is 0 Å². The zero-order valence-electron chi connectivity index (χ0n) is 14.3. The first-order chi connectivity index (χ1) is 10.7. The molecule has 1 aliphatic rings. The molecular weight excluding hydrogens is 294 g/mol. The first kappa shape index (κ1) is 17.1. The van der Waals surface area contributed by atoms with Gasteiger partial charge in [-0.25, -0.2) is 4.79 Å². The maximum Gasteiger partial charge on any atom is 0.412 e. The highest BCUT2D eigenvalue weighted by Crippen LogP contribution is 2.20. The van der Waals surface area contributed by atoms with Crippen molar-refractivity contribution in [1.82, 2.24) is 4.90 Å². The molecule has 2 amide bonds. The summed E-state index contributed by atoms with van der Waals surface area (Å²) in [5.41, 5.74) is 1.27. The number of amides is 2. The number of hydrogen-bond donors (Lipinski definition) is 1. The second-order valence-electron chi connectivity index (χ2n) is 6.67. The smallest absolute Gasteiger partial charge is 0.412 e. The number of carbonyl (C=O) groups excluding carboxylic acids is 2. The molecule has 0 aliphatic carbocycles. The average molecular weight is 319 g/mol. The normalized spacial score (nSPS) is 15.3. The van der Waals surface area contributed by atoms with Crippen molar-refractivity contribution in [2.75, 3.05) is 36.4 Å². The first-order valence-corrected chi connectivity index (χ1v) is 7.85. The number of hydrogen-bond acceptors (Lipinski definition) is 4. The van der Waals surface area contributed by atoms with E-state index in [0.717, 1.165) is 31.9 Å². The first-order valence-electron chi connectivity index (χ1n) is 7.85. The van der Waals surface area contributed by atoms with Gasteiger partial charge < -0.3 is 14.5 Å². The molecule has 1 heterocycles. The molecule has 1 N–H and O–H groups in total. The van der Waals surface area contributed by atoms with Gasteiger partial charge in [0.25, 0.3) is 0 Å². The minimum absolute atomic E-state index is 0.126. The molecule has 0 spiro atoms. The van der Waals surface area contributed by atoms with Gasteiger partial charge in [0.05, 0.1) is 0 Å². The van der Waals surface area contributed by atoms with E-state index in [1.54, 1.807) is 6.92 Å². The van der Waals surface area contributed by atoms with Crippen LogP contribution in [0.5, 0.6) is 0 Å². The van der Waals surface area contributed by atoms with E-state index in [1.807, 2.05) is 49.9 Å². The van der Waals surface area contributed by atoms with Gasteiger partial charge >= 0.3 is 6.09 Å². The van der Waals surface area contributed by atoms with E-state index in [-0.39, 0.29) is 5.91 Å². The molecule has 0 bridgehead atoms. The summed E-state index contributed by atoms with van der Waals surface area (Å²) in [5.74, 6) is 0.126. The Morgan fingerprint density at radius 2 is 1.61 bits per heavy atom. The third kappa shape index (κ3) is 5.16. The Balaban J connectivity index is 1.90. The molecule has 6 nitrogen and oxygen atoms in total. The molecule has 0 radical (unpaired) electrons.